The van der Waals surface area contributed by atoms with Crippen LogP contribution in [0.5, 0.6) is 0 Å². The SMILES string of the molecule is CC(C)(O)c1cnnn1C1CC(C(=O)NC2(C(=O)C(N)=O)CCS(=O)(=O)CC2)N(C(=O)[C@@H](CC2CCCCC2)NC(=O)c2ccc(S(C)(=O)=O)cc2)C1. The number of amides is 4. The third kappa shape index (κ3) is 9.12. The molecule has 3 fully saturated rings. The Morgan fingerprint density at radius 1 is 1.06 bits per heavy atom. The van der Waals surface area contributed by atoms with E-state index < -0.39 is 103 Å². The number of rotatable bonds is 12. The van der Waals surface area contributed by atoms with Gasteiger partial charge in [-0.25, -0.2) is 21.5 Å². The maximum atomic E-state index is 14.7. The van der Waals surface area contributed by atoms with Crippen molar-refractivity contribution in [2.45, 2.75) is 106 Å². The molecule has 19 heteroatoms. The highest BCUT2D eigenvalue weighted by atomic mass is 32.2. The van der Waals surface area contributed by atoms with Crippen molar-refractivity contribution in [2.75, 3.05) is 24.3 Å². The first kappa shape index (κ1) is 40.0. The molecule has 0 radical (unpaired) electrons. The first-order valence-electron chi connectivity index (χ1n) is 17.6. The highest BCUT2D eigenvalue weighted by molar-refractivity contribution is 7.91. The number of carbonyl (C=O) groups excluding carboxylic acids is 5. The fourth-order valence-electron chi connectivity index (χ4n) is 7.56. The number of benzene rings is 1. The minimum atomic E-state index is -3.55. The van der Waals surface area contributed by atoms with E-state index in [0.29, 0.717) is 5.69 Å². The second-order valence-electron chi connectivity index (χ2n) is 15.0. The molecule has 2 aromatic rings. The number of aliphatic hydroxyl groups is 1. The molecule has 1 saturated carbocycles. The highest BCUT2D eigenvalue weighted by Crippen LogP contribution is 2.35. The van der Waals surface area contributed by atoms with Crippen molar-refractivity contribution in [1.29, 1.82) is 0 Å². The number of sulfone groups is 2. The van der Waals surface area contributed by atoms with Crippen molar-refractivity contribution in [1.82, 2.24) is 30.5 Å². The fraction of sp³-hybridized carbons (Fsp3) is 0.618. The second kappa shape index (κ2) is 15.3. The Bertz CT molecular complexity index is 1950. The van der Waals surface area contributed by atoms with Gasteiger partial charge in [0, 0.05) is 24.8 Å². The van der Waals surface area contributed by atoms with Crippen molar-refractivity contribution < 1.29 is 45.9 Å². The van der Waals surface area contributed by atoms with Crippen LogP contribution in [0, 0.1) is 5.92 Å². The molecule has 2 saturated heterocycles. The lowest BCUT2D eigenvalue weighted by atomic mass is 9.84. The number of likely N-dealkylation sites (tertiary alicyclic amines) is 1. The van der Waals surface area contributed by atoms with E-state index in [1.54, 1.807) is 0 Å². The predicted octanol–water partition coefficient (Wildman–Crippen LogP) is -0.0620. The number of hydrogen-bond acceptors (Lipinski definition) is 12. The van der Waals surface area contributed by atoms with Crippen LogP contribution in [0.25, 0.3) is 0 Å². The summed E-state index contributed by atoms with van der Waals surface area (Å²) in [6.45, 7) is 2.94. The van der Waals surface area contributed by atoms with Gasteiger partial charge in [0.2, 0.25) is 17.6 Å². The van der Waals surface area contributed by atoms with Crippen molar-refractivity contribution in [2.24, 2.45) is 11.7 Å². The summed E-state index contributed by atoms with van der Waals surface area (Å²) < 4.78 is 50.0. The third-order valence-electron chi connectivity index (χ3n) is 10.6. The number of nitrogens with two attached hydrogens (primary N) is 1. The molecule has 1 aromatic heterocycles. The van der Waals surface area contributed by atoms with Gasteiger partial charge < -0.3 is 26.4 Å². The summed E-state index contributed by atoms with van der Waals surface area (Å²) in [6.07, 6.45) is 6.39. The Kier molecular flexibility index (Phi) is 11.5. The molecule has 17 nitrogen and oxygen atoms in total. The van der Waals surface area contributed by atoms with Gasteiger partial charge in [0.25, 0.3) is 11.8 Å². The van der Waals surface area contributed by atoms with Gasteiger partial charge in [0.1, 0.15) is 23.2 Å². The van der Waals surface area contributed by atoms with E-state index in [4.69, 9.17) is 5.73 Å². The molecule has 1 aliphatic carbocycles. The Hall–Kier alpha value is -4.23. The number of carbonyl (C=O) groups is 5. The zero-order chi connectivity index (χ0) is 38.9. The Morgan fingerprint density at radius 3 is 2.25 bits per heavy atom. The molecular weight excluding hydrogens is 731 g/mol. The van der Waals surface area contributed by atoms with Gasteiger partial charge in [0.15, 0.2) is 19.7 Å². The quantitative estimate of drug-likeness (QED) is 0.207. The maximum absolute atomic E-state index is 14.7. The summed E-state index contributed by atoms with van der Waals surface area (Å²) in [4.78, 5) is 69.2. The van der Waals surface area contributed by atoms with E-state index >= 15 is 0 Å². The summed E-state index contributed by atoms with van der Waals surface area (Å²) in [7, 11) is -7.08. The normalized spacial score (nSPS) is 22.5. The van der Waals surface area contributed by atoms with Gasteiger partial charge in [-0.2, -0.15) is 0 Å². The maximum Gasteiger partial charge on any atom is 0.287 e. The Labute approximate surface area is 308 Å². The third-order valence-corrected chi connectivity index (χ3v) is 13.3. The second-order valence-corrected chi connectivity index (χ2v) is 19.3. The van der Waals surface area contributed by atoms with Crippen LogP contribution in [-0.2, 0) is 44.5 Å². The number of aromatic nitrogens is 3. The number of primary amides is 1. The van der Waals surface area contributed by atoms with E-state index in [2.05, 4.69) is 20.9 Å². The molecule has 3 atom stereocenters. The number of nitrogens with zero attached hydrogens (tertiary/aromatic N) is 4. The smallest absolute Gasteiger partial charge is 0.287 e. The highest BCUT2D eigenvalue weighted by Gasteiger charge is 2.50. The lowest BCUT2D eigenvalue weighted by Crippen LogP contribution is -2.64. The molecule has 1 aromatic carbocycles. The van der Waals surface area contributed by atoms with Gasteiger partial charge in [-0.15, -0.1) is 5.10 Å². The van der Waals surface area contributed by atoms with Crippen molar-refractivity contribution in [3.05, 3.63) is 41.7 Å². The molecule has 3 aliphatic rings. The van der Waals surface area contributed by atoms with E-state index in [1.165, 1.54) is 53.9 Å². The fourth-order valence-corrected chi connectivity index (χ4v) is 9.71. The first-order valence-corrected chi connectivity index (χ1v) is 21.3. The Balaban J connectivity index is 1.50. The standard InChI is InChI=1S/C34H47N7O10S2/c1-33(2,47)27-19-36-39-41(27)23-18-26(31(45)38-34(28(42)29(35)43)13-15-53(50,51)16-14-34)40(20-23)32(46)25(17-21-7-5-4-6-8-21)37-30(44)22-9-11-24(12-10-22)52(3,48)49/h9-12,19,21,23,25-26,47H,4-8,13-18,20H2,1-3H3,(H2,35,43)(H,37,44)(H,38,45)/t23?,25-,26?/m1/s1. The topological polar surface area (TPSA) is 258 Å². The molecule has 0 bridgehead atoms. The summed E-state index contributed by atoms with van der Waals surface area (Å²) in [5.74, 6) is -5.45. The van der Waals surface area contributed by atoms with Crippen molar-refractivity contribution in [3.63, 3.8) is 0 Å². The minimum Gasteiger partial charge on any atom is -0.384 e. The van der Waals surface area contributed by atoms with Crippen LogP contribution in [0.3, 0.4) is 0 Å². The van der Waals surface area contributed by atoms with Crippen LogP contribution in [0.2, 0.25) is 0 Å². The van der Waals surface area contributed by atoms with E-state index in [9.17, 15) is 45.9 Å². The minimum absolute atomic E-state index is 0.0162. The average molecular weight is 778 g/mol. The van der Waals surface area contributed by atoms with E-state index in [0.717, 1.165) is 38.4 Å². The monoisotopic (exact) mass is 777 g/mol. The lowest BCUT2D eigenvalue weighted by molar-refractivity contribution is -0.145. The van der Waals surface area contributed by atoms with Crippen LogP contribution < -0.4 is 16.4 Å². The molecule has 2 unspecified atom stereocenters. The van der Waals surface area contributed by atoms with Crippen LogP contribution in [0.4, 0.5) is 0 Å². The average Bonchev–Trinajstić information content (AvgIpc) is 3.77. The summed E-state index contributed by atoms with van der Waals surface area (Å²) >= 11 is 0. The van der Waals surface area contributed by atoms with Crippen molar-refractivity contribution in [3.8, 4) is 0 Å². The van der Waals surface area contributed by atoms with E-state index in [-0.39, 0.29) is 35.8 Å². The molecular formula is C34H47N7O10S2. The molecule has 4 amide bonds. The number of nitrogens with one attached hydrogen (secondary N) is 2. The summed E-state index contributed by atoms with van der Waals surface area (Å²) in [5, 5.41) is 24.4. The number of hydrogen-bond donors (Lipinski definition) is 4. The largest absolute Gasteiger partial charge is 0.384 e. The van der Waals surface area contributed by atoms with E-state index in [1.807, 2.05) is 0 Å². The number of Topliss-reactive ketones (excluding diaryl/α,β-unsaturated/α-hetero) is 1. The van der Waals surface area contributed by atoms with Crippen LogP contribution in [-0.4, -0.2) is 113 Å². The summed E-state index contributed by atoms with van der Waals surface area (Å²) in [5.41, 5.74) is 2.45. The van der Waals surface area contributed by atoms with Gasteiger partial charge in [-0.1, -0.05) is 37.3 Å². The van der Waals surface area contributed by atoms with Gasteiger partial charge >= 0.3 is 0 Å². The zero-order valence-corrected chi connectivity index (χ0v) is 31.6. The van der Waals surface area contributed by atoms with Crippen LogP contribution in [0.15, 0.2) is 35.4 Å². The molecule has 0 spiro atoms. The molecule has 5 rings (SSSR count). The number of ketones is 1. The molecule has 53 heavy (non-hydrogen) atoms. The first-order chi connectivity index (χ1) is 24.7. The van der Waals surface area contributed by atoms with Crippen molar-refractivity contribution >= 4 is 49.1 Å². The molecule has 3 heterocycles. The van der Waals surface area contributed by atoms with Gasteiger partial charge in [0.05, 0.1) is 34.3 Å². The molecule has 5 N–H and O–H groups in total. The lowest BCUT2D eigenvalue weighted by Gasteiger charge is -2.37. The van der Waals surface area contributed by atoms with Crippen LogP contribution in [0.1, 0.15) is 93.7 Å². The Morgan fingerprint density at radius 2 is 1.68 bits per heavy atom. The zero-order valence-electron chi connectivity index (χ0n) is 30.0. The molecule has 2 aliphatic heterocycles. The van der Waals surface area contributed by atoms with Gasteiger partial charge in [-0.05, 0) is 63.3 Å². The predicted molar refractivity (Wildman–Crippen MR) is 189 cm³/mol. The van der Waals surface area contributed by atoms with Gasteiger partial charge in [-0.3, -0.25) is 24.0 Å². The molecule has 290 valence electrons. The summed E-state index contributed by atoms with van der Waals surface area (Å²) in [6, 6.07) is 2.17. The van der Waals surface area contributed by atoms with Crippen LogP contribution >= 0.6 is 0 Å².